The first-order chi connectivity index (χ1) is 11.1. The number of benzene rings is 1. The van der Waals surface area contributed by atoms with Crippen molar-refractivity contribution in [2.75, 3.05) is 11.9 Å². The Morgan fingerprint density at radius 2 is 2.04 bits per heavy atom. The van der Waals surface area contributed by atoms with E-state index in [4.69, 9.17) is 9.84 Å². The fourth-order valence-electron chi connectivity index (χ4n) is 2.84. The molecule has 0 bridgehead atoms. The van der Waals surface area contributed by atoms with Gasteiger partial charge in [-0.1, -0.05) is 35.9 Å². The van der Waals surface area contributed by atoms with E-state index in [9.17, 15) is 4.79 Å². The number of anilines is 1. The predicted octanol–water partition coefficient (Wildman–Crippen LogP) is 3.42. The molecule has 0 aliphatic carbocycles. The predicted molar refractivity (Wildman–Crippen MR) is 87.7 cm³/mol. The lowest BCUT2D eigenvalue weighted by Crippen LogP contribution is -2.34. The summed E-state index contributed by atoms with van der Waals surface area (Å²) in [4.78, 5) is 15.2. The average molecular weight is 312 g/mol. The molecule has 0 radical (unpaired) electrons. The molecule has 1 aromatic heterocycles. The maximum atomic E-state index is 11.0. The summed E-state index contributed by atoms with van der Waals surface area (Å²) < 4.78 is 5.96. The molecule has 0 spiro atoms. The minimum absolute atomic E-state index is 0.0404. The topological polar surface area (TPSA) is 71.5 Å². The third-order valence-corrected chi connectivity index (χ3v) is 4.03. The van der Waals surface area contributed by atoms with Gasteiger partial charge in [0.1, 0.15) is 11.9 Å². The summed E-state index contributed by atoms with van der Waals surface area (Å²) >= 11 is 0. The number of pyridine rings is 1. The number of nitrogens with zero attached hydrogens (tertiary/aromatic N) is 1. The lowest BCUT2D eigenvalue weighted by Gasteiger charge is -2.33. The highest BCUT2D eigenvalue weighted by Gasteiger charge is 2.27. The zero-order chi connectivity index (χ0) is 16.2. The molecule has 2 heterocycles. The van der Waals surface area contributed by atoms with Crippen molar-refractivity contribution in [3.8, 4) is 0 Å². The summed E-state index contributed by atoms with van der Waals surface area (Å²) in [7, 11) is 0. The maximum Gasteiger partial charge on any atom is 0.354 e. The number of carboxylic acid groups (broad SMARTS) is 1. The molecule has 2 atom stereocenters. The highest BCUT2D eigenvalue weighted by Crippen LogP contribution is 2.30. The number of aryl methyl sites for hydroxylation is 1. The van der Waals surface area contributed by atoms with E-state index >= 15 is 0 Å². The largest absolute Gasteiger partial charge is 0.477 e. The summed E-state index contributed by atoms with van der Waals surface area (Å²) in [5.74, 6) is -0.457. The number of ether oxygens (including phenoxy) is 1. The van der Waals surface area contributed by atoms with Crippen LogP contribution in [-0.2, 0) is 4.74 Å². The van der Waals surface area contributed by atoms with Crippen molar-refractivity contribution < 1.29 is 14.6 Å². The number of nitrogens with one attached hydrogen (secondary N) is 1. The van der Waals surface area contributed by atoms with Crippen molar-refractivity contribution in [2.45, 2.75) is 31.9 Å². The first kappa shape index (κ1) is 15.5. The summed E-state index contributed by atoms with van der Waals surface area (Å²) in [6.45, 7) is 2.79. The molecule has 1 aromatic carbocycles. The zero-order valence-corrected chi connectivity index (χ0v) is 13.0. The number of rotatable bonds is 4. The molecule has 2 aromatic rings. The quantitative estimate of drug-likeness (QED) is 0.905. The van der Waals surface area contributed by atoms with E-state index in [0.29, 0.717) is 5.82 Å². The summed E-state index contributed by atoms with van der Waals surface area (Å²) in [5.41, 5.74) is 2.38. The van der Waals surface area contributed by atoms with E-state index in [1.807, 2.05) is 0 Å². The van der Waals surface area contributed by atoms with E-state index in [-0.39, 0.29) is 17.8 Å². The second-order valence-corrected chi connectivity index (χ2v) is 5.81. The van der Waals surface area contributed by atoms with E-state index in [0.717, 1.165) is 25.0 Å². The van der Waals surface area contributed by atoms with Crippen LogP contribution in [0, 0.1) is 6.92 Å². The Morgan fingerprint density at radius 3 is 2.78 bits per heavy atom. The average Bonchev–Trinajstić information content (AvgIpc) is 2.56. The number of aromatic carboxylic acids is 1. The Balaban J connectivity index is 1.80. The van der Waals surface area contributed by atoms with Crippen molar-refractivity contribution in [2.24, 2.45) is 0 Å². The van der Waals surface area contributed by atoms with E-state index in [1.165, 1.54) is 11.6 Å². The van der Waals surface area contributed by atoms with E-state index in [1.54, 1.807) is 12.1 Å². The van der Waals surface area contributed by atoms with E-state index < -0.39 is 5.97 Å². The van der Waals surface area contributed by atoms with Gasteiger partial charge in [-0.25, -0.2) is 9.78 Å². The van der Waals surface area contributed by atoms with Crippen molar-refractivity contribution >= 4 is 11.8 Å². The van der Waals surface area contributed by atoms with Gasteiger partial charge in [-0.2, -0.15) is 0 Å². The molecular formula is C18H20N2O3. The van der Waals surface area contributed by atoms with Gasteiger partial charge in [0.15, 0.2) is 5.69 Å². The highest BCUT2D eigenvalue weighted by atomic mass is 16.5. The summed E-state index contributed by atoms with van der Waals surface area (Å²) in [5, 5.41) is 12.4. The number of hydrogen-bond acceptors (Lipinski definition) is 4. The van der Waals surface area contributed by atoms with Gasteiger partial charge < -0.3 is 15.2 Å². The summed E-state index contributed by atoms with van der Waals surface area (Å²) in [6, 6.07) is 13.4. The van der Waals surface area contributed by atoms with Gasteiger partial charge in [-0.05, 0) is 37.5 Å². The second-order valence-electron chi connectivity index (χ2n) is 5.81. The number of aromatic nitrogens is 1. The molecule has 5 heteroatoms. The van der Waals surface area contributed by atoms with Crippen LogP contribution in [0.15, 0.2) is 42.5 Å². The van der Waals surface area contributed by atoms with Crippen LogP contribution in [0.1, 0.15) is 40.6 Å². The molecule has 3 rings (SSSR count). The van der Waals surface area contributed by atoms with Gasteiger partial charge in [-0.15, -0.1) is 0 Å². The molecule has 23 heavy (non-hydrogen) atoms. The van der Waals surface area contributed by atoms with Crippen molar-refractivity contribution in [3.63, 3.8) is 0 Å². The zero-order valence-electron chi connectivity index (χ0n) is 13.0. The molecule has 5 nitrogen and oxygen atoms in total. The minimum atomic E-state index is -1.02. The van der Waals surface area contributed by atoms with Crippen LogP contribution >= 0.6 is 0 Å². The fraction of sp³-hybridized carbons (Fsp3) is 0.333. The third kappa shape index (κ3) is 3.68. The normalized spacial score (nSPS) is 20.9. The van der Waals surface area contributed by atoms with Gasteiger partial charge in [0.25, 0.3) is 0 Å². The first-order valence-electron chi connectivity index (χ1n) is 7.78. The Morgan fingerprint density at radius 1 is 1.26 bits per heavy atom. The second kappa shape index (κ2) is 6.79. The molecular weight excluding hydrogens is 292 g/mol. The van der Waals surface area contributed by atoms with Crippen LogP contribution in [0.25, 0.3) is 0 Å². The number of carbonyl (C=O) groups is 1. The van der Waals surface area contributed by atoms with Crippen molar-refractivity contribution in [3.05, 3.63) is 59.3 Å². The van der Waals surface area contributed by atoms with E-state index in [2.05, 4.69) is 41.5 Å². The Labute approximate surface area is 135 Å². The monoisotopic (exact) mass is 312 g/mol. The standard InChI is InChI=1S/C18H20N2O3/c1-12-7-9-13(10-8-12)17-14(5-3-11-23-17)19-16-6-2-4-15(20-16)18(21)22/h2,4,6-10,14,17H,3,5,11H2,1H3,(H,19,20)(H,21,22). The molecule has 2 N–H and O–H groups in total. The number of hydrogen-bond donors (Lipinski definition) is 2. The lowest BCUT2D eigenvalue weighted by atomic mass is 9.95. The molecule has 1 aliphatic heterocycles. The smallest absolute Gasteiger partial charge is 0.354 e. The molecule has 0 amide bonds. The first-order valence-corrected chi connectivity index (χ1v) is 7.78. The third-order valence-electron chi connectivity index (χ3n) is 4.03. The van der Waals surface area contributed by atoms with Gasteiger partial charge in [0.05, 0.1) is 6.04 Å². The van der Waals surface area contributed by atoms with Crippen LogP contribution in [0.4, 0.5) is 5.82 Å². The lowest BCUT2D eigenvalue weighted by molar-refractivity contribution is 0.00555. The Bertz CT molecular complexity index is 685. The molecule has 0 saturated carbocycles. The Kier molecular flexibility index (Phi) is 4.57. The number of carboxylic acids is 1. The fourth-order valence-corrected chi connectivity index (χ4v) is 2.84. The van der Waals surface area contributed by atoms with Crippen molar-refractivity contribution in [1.82, 2.24) is 4.98 Å². The van der Waals surface area contributed by atoms with Crippen LogP contribution in [0.3, 0.4) is 0 Å². The van der Waals surface area contributed by atoms with Crippen LogP contribution in [0.2, 0.25) is 0 Å². The van der Waals surface area contributed by atoms with Crippen LogP contribution in [0.5, 0.6) is 0 Å². The van der Waals surface area contributed by atoms with Crippen molar-refractivity contribution in [1.29, 1.82) is 0 Å². The maximum absolute atomic E-state index is 11.0. The Hall–Kier alpha value is -2.40. The van der Waals surface area contributed by atoms with Gasteiger partial charge in [0.2, 0.25) is 0 Å². The molecule has 1 aliphatic rings. The highest BCUT2D eigenvalue weighted by molar-refractivity contribution is 5.85. The van der Waals surface area contributed by atoms with Crippen LogP contribution in [-0.4, -0.2) is 28.7 Å². The molecule has 1 saturated heterocycles. The van der Waals surface area contributed by atoms with Gasteiger partial charge in [-0.3, -0.25) is 0 Å². The SMILES string of the molecule is Cc1ccc(C2OCCCC2Nc2cccc(C(=O)O)n2)cc1. The van der Waals surface area contributed by atoms with Gasteiger partial charge >= 0.3 is 5.97 Å². The van der Waals surface area contributed by atoms with Gasteiger partial charge in [0, 0.05) is 6.61 Å². The molecule has 1 fully saturated rings. The minimum Gasteiger partial charge on any atom is -0.477 e. The molecule has 2 unspecified atom stereocenters. The molecule has 120 valence electrons. The summed E-state index contributed by atoms with van der Waals surface area (Å²) in [6.07, 6.45) is 1.87. The van der Waals surface area contributed by atoms with Crippen LogP contribution < -0.4 is 5.32 Å².